The molecular weight excluding hydrogens is 378 g/mol. The van der Waals surface area contributed by atoms with Gasteiger partial charge in [-0.05, 0) is 29.8 Å². The van der Waals surface area contributed by atoms with Gasteiger partial charge >= 0.3 is 0 Å². The summed E-state index contributed by atoms with van der Waals surface area (Å²) in [6.45, 7) is 0.487. The van der Waals surface area contributed by atoms with Crippen LogP contribution in [0.4, 0.5) is 0 Å². The summed E-state index contributed by atoms with van der Waals surface area (Å²) in [4.78, 5) is 20.6. The molecule has 0 aliphatic rings. The van der Waals surface area contributed by atoms with Crippen molar-refractivity contribution in [1.29, 1.82) is 5.26 Å². The van der Waals surface area contributed by atoms with Gasteiger partial charge in [0.2, 0.25) is 5.76 Å². The molecule has 4 aromatic rings. The lowest BCUT2D eigenvalue weighted by molar-refractivity contribution is 0.480. The Hall–Kier alpha value is -3.63. The number of hydrogen-bond acceptors (Lipinski definition) is 5. The molecule has 0 bridgehead atoms. The molecule has 0 aliphatic heterocycles. The summed E-state index contributed by atoms with van der Waals surface area (Å²) in [5, 5.41) is 9.33. The number of imidazole rings is 1. The van der Waals surface area contributed by atoms with Gasteiger partial charge in [-0.1, -0.05) is 17.7 Å². The molecule has 28 heavy (non-hydrogen) atoms. The van der Waals surface area contributed by atoms with Crippen molar-refractivity contribution >= 4 is 11.6 Å². The van der Waals surface area contributed by atoms with Gasteiger partial charge in [-0.15, -0.1) is 0 Å². The van der Waals surface area contributed by atoms with Crippen molar-refractivity contribution in [3.8, 4) is 11.9 Å². The monoisotopic (exact) mass is 391 g/mol. The lowest BCUT2D eigenvalue weighted by Gasteiger charge is -2.08. The largest absolute Gasteiger partial charge is 0.449 e. The predicted octanol–water partition coefficient (Wildman–Crippen LogP) is 3.19. The van der Waals surface area contributed by atoms with E-state index in [0.29, 0.717) is 29.6 Å². The van der Waals surface area contributed by atoms with E-state index in [0.717, 1.165) is 11.3 Å². The third-order valence-electron chi connectivity index (χ3n) is 4.21. The molecule has 0 saturated carbocycles. The highest BCUT2D eigenvalue weighted by Gasteiger charge is 2.09. The maximum Gasteiger partial charge on any atom is 0.256 e. The predicted molar refractivity (Wildman–Crippen MR) is 102 cm³/mol. The smallest absolute Gasteiger partial charge is 0.256 e. The van der Waals surface area contributed by atoms with Crippen LogP contribution in [-0.4, -0.2) is 19.1 Å². The summed E-state index contributed by atoms with van der Waals surface area (Å²) in [6.07, 6.45) is 7.38. The first-order valence-electron chi connectivity index (χ1n) is 8.44. The molecule has 0 unspecified atom stereocenters. The molecule has 0 atom stereocenters. The van der Waals surface area contributed by atoms with Gasteiger partial charge in [0.15, 0.2) is 0 Å². The summed E-state index contributed by atoms with van der Waals surface area (Å²) in [7, 11) is 0. The van der Waals surface area contributed by atoms with Crippen LogP contribution in [0.25, 0.3) is 5.82 Å². The van der Waals surface area contributed by atoms with Crippen LogP contribution in [0, 0.1) is 11.3 Å². The van der Waals surface area contributed by atoms with Crippen LogP contribution in [0.2, 0.25) is 5.02 Å². The Kier molecular flexibility index (Phi) is 4.79. The van der Waals surface area contributed by atoms with Crippen LogP contribution >= 0.6 is 11.6 Å². The minimum absolute atomic E-state index is 0.196. The first kappa shape index (κ1) is 17.8. The van der Waals surface area contributed by atoms with E-state index in [9.17, 15) is 4.79 Å². The Morgan fingerprint density at radius 2 is 2.04 bits per heavy atom. The van der Waals surface area contributed by atoms with Crippen LogP contribution in [-0.2, 0) is 13.0 Å². The Morgan fingerprint density at radius 1 is 1.14 bits per heavy atom. The fourth-order valence-corrected chi connectivity index (χ4v) is 3.00. The molecular formula is C20H14ClN5O2. The molecule has 4 rings (SSSR count). The summed E-state index contributed by atoms with van der Waals surface area (Å²) in [5.74, 6) is 1.47. The third-order valence-corrected chi connectivity index (χ3v) is 4.44. The summed E-state index contributed by atoms with van der Waals surface area (Å²) < 4.78 is 8.79. The average molecular weight is 392 g/mol. The van der Waals surface area contributed by atoms with Crippen LogP contribution in [0.1, 0.15) is 22.8 Å². The van der Waals surface area contributed by atoms with Crippen molar-refractivity contribution in [1.82, 2.24) is 19.1 Å². The molecule has 4 aromatic heterocycles. The van der Waals surface area contributed by atoms with Crippen molar-refractivity contribution in [3.05, 3.63) is 99.5 Å². The second-order valence-corrected chi connectivity index (χ2v) is 6.58. The SMILES string of the molecule is N#Cc1ccc(Cn2cncc2Cc2ccc(-n3cc(Cl)ccc3=O)nc2)o1. The molecule has 0 saturated heterocycles. The summed E-state index contributed by atoms with van der Waals surface area (Å²) in [6, 6.07) is 12.0. The van der Waals surface area contributed by atoms with E-state index in [1.54, 1.807) is 49.2 Å². The van der Waals surface area contributed by atoms with Crippen LogP contribution in [0.15, 0.2) is 70.5 Å². The minimum Gasteiger partial charge on any atom is -0.449 e. The normalized spacial score (nSPS) is 10.7. The number of nitrogens with zero attached hydrogens (tertiary/aromatic N) is 5. The Morgan fingerprint density at radius 3 is 2.79 bits per heavy atom. The number of halogens is 1. The van der Waals surface area contributed by atoms with E-state index in [2.05, 4.69) is 9.97 Å². The Balaban J connectivity index is 1.53. The second-order valence-electron chi connectivity index (χ2n) is 6.15. The van der Waals surface area contributed by atoms with Gasteiger partial charge in [0.1, 0.15) is 17.6 Å². The molecule has 8 heteroatoms. The van der Waals surface area contributed by atoms with Crippen LogP contribution in [0.3, 0.4) is 0 Å². The average Bonchev–Trinajstić information content (AvgIpc) is 3.34. The highest BCUT2D eigenvalue weighted by atomic mass is 35.5. The Labute approximate surface area is 165 Å². The van der Waals surface area contributed by atoms with Gasteiger partial charge in [-0.25, -0.2) is 9.97 Å². The number of hydrogen-bond donors (Lipinski definition) is 0. The zero-order valence-electron chi connectivity index (χ0n) is 14.6. The van der Waals surface area contributed by atoms with Gasteiger partial charge in [-0.3, -0.25) is 9.36 Å². The van der Waals surface area contributed by atoms with Gasteiger partial charge in [0.05, 0.1) is 17.9 Å². The van der Waals surface area contributed by atoms with E-state index in [1.165, 1.54) is 10.6 Å². The highest BCUT2D eigenvalue weighted by Crippen LogP contribution is 2.14. The van der Waals surface area contributed by atoms with E-state index < -0.39 is 0 Å². The van der Waals surface area contributed by atoms with Gasteiger partial charge in [0.25, 0.3) is 5.56 Å². The molecule has 138 valence electrons. The van der Waals surface area contributed by atoms with Crippen molar-refractivity contribution in [3.63, 3.8) is 0 Å². The van der Waals surface area contributed by atoms with E-state index in [4.69, 9.17) is 21.3 Å². The topological polar surface area (TPSA) is 89.6 Å². The number of rotatable bonds is 5. The van der Waals surface area contributed by atoms with Crippen LogP contribution in [0.5, 0.6) is 0 Å². The Bertz CT molecular complexity index is 1210. The molecule has 0 aliphatic carbocycles. The maximum atomic E-state index is 12.0. The van der Waals surface area contributed by atoms with Crippen LogP contribution < -0.4 is 5.56 Å². The zero-order valence-corrected chi connectivity index (χ0v) is 15.4. The van der Waals surface area contributed by atoms with Crippen molar-refractivity contribution in [2.45, 2.75) is 13.0 Å². The number of pyridine rings is 2. The van der Waals surface area contributed by atoms with Gasteiger partial charge in [0, 0.05) is 36.8 Å². The summed E-state index contributed by atoms with van der Waals surface area (Å²) >= 11 is 5.96. The van der Waals surface area contributed by atoms with Crippen molar-refractivity contribution in [2.24, 2.45) is 0 Å². The minimum atomic E-state index is -0.196. The molecule has 0 radical (unpaired) electrons. The molecule has 0 aromatic carbocycles. The van der Waals surface area contributed by atoms with E-state index in [-0.39, 0.29) is 11.3 Å². The number of aromatic nitrogens is 4. The quantitative estimate of drug-likeness (QED) is 0.521. The molecule has 0 amide bonds. The molecule has 0 fully saturated rings. The number of furan rings is 1. The maximum absolute atomic E-state index is 12.0. The summed E-state index contributed by atoms with van der Waals surface area (Å²) in [5.41, 5.74) is 1.75. The van der Waals surface area contributed by atoms with Crippen molar-refractivity contribution < 1.29 is 4.42 Å². The zero-order chi connectivity index (χ0) is 19.5. The fourth-order valence-electron chi connectivity index (χ4n) is 2.84. The number of nitriles is 1. The highest BCUT2D eigenvalue weighted by molar-refractivity contribution is 6.30. The third kappa shape index (κ3) is 3.72. The van der Waals surface area contributed by atoms with Gasteiger partial charge < -0.3 is 8.98 Å². The molecule has 4 heterocycles. The van der Waals surface area contributed by atoms with Crippen molar-refractivity contribution in [2.75, 3.05) is 0 Å². The first-order valence-corrected chi connectivity index (χ1v) is 8.81. The fraction of sp³-hybridized carbons (Fsp3) is 0.100. The van der Waals surface area contributed by atoms with E-state index >= 15 is 0 Å². The van der Waals surface area contributed by atoms with Gasteiger partial charge in [-0.2, -0.15) is 5.26 Å². The molecule has 0 spiro atoms. The first-order chi connectivity index (χ1) is 13.6. The lowest BCUT2D eigenvalue weighted by Crippen LogP contribution is -2.17. The molecule has 7 nitrogen and oxygen atoms in total. The van der Waals surface area contributed by atoms with E-state index in [1.807, 2.05) is 16.7 Å². The second kappa shape index (κ2) is 7.55. The lowest BCUT2D eigenvalue weighted by atomic mass is 10.1. The standard InChI is InChI=1S/C20H14ClN5O2/c21-15-2-6-20(27)26(11-15)19-5-1-14(9-24-19)7-16-10-23-13-25(16)12-18-4-3-17(8-22)28-18/h1-6,9-11,13H,7,12H2. The molecule has 0 N–H and O–H groups in total.